The second kappa shape index (κ2) is 6.81. The minimum atomic E-state index is -0.332. The molecule has 140 valence electrons. The summed E-state index contributed by atoms with van der Waals surface area (Å²) in [6, 6.07) is 9.98. The SMILES string of the molecule is Cc1sc(=O)n(CC(=O)N2CCn3cccc3[C@H]2C)c1-c1ccc(F)cc1. The van der Waals surface area contributed by atoms with Crippen molar-refractivity contribution in [3.63, 3.8) is 0 Å². The number of carbonyl (C=O) groups excluding carboxylic acids is 1. The number of hydrogen-bond acceptors (Lipinski definition) is 3. The molecule has 0 N–H and O–H groups in total. The van der Waals surface area contributed by atoms with E-state index in [0.29, 0.717) is 12.2 Å². The van der Waals surface area contributed by atoms with Gasteiger partial charge in [-0.1, -0.05) is 11.3 Å². The number of aromatic nitrogens is 2. The molecule has 0 saturated carbocycles. The maximum absolute atomic E-state index is 13.3. The molecule has 0 radical (unpaired) electrons. The van der Waals surface area contributed by atoms with E-state index in [1.807, 2.05) is 37.1 Å². The van der Waals surface area contributed by atoms with Crippen LogP contribution in [-0.4, -0.2) is 26.5 Å². The Hall–Kier alpha value is -2.67. The molecule has 0 unspecified atom stereocenters. The van der Waals surface area contributed by atoms with Gasteiger partial charge in [0.1, 0.15) is 12.4 Å². The topological polar surface area (TPSA) is 47.2 Å². The average molecular weight is 385 g/mol. The van der Waals surface area contributed by atoms with E-state index in [4.69, 9.17) is 0 Å². The number of hydrogen-bond donors (Lipinski definition) is 0. The van der Waals surface area contributed by atoms with E-state index in [2.05, 4.69) is 4.57 Å². The highest BCUT2D eigenvalue weighted by Crippen LogP contribution is 2.28. The molecule has 0 aliphatic carbocycles. The number of amides is 1. The van der Waals surface area contributed by atoms with Crippen molar-refractivity contribution in [3.05, 3.63) is 68.7 Å². The summed E-state index contributed by atoms with van der Waals surface area (Å²) in [5.41, 5.74) is 2.52. The van der Waals surface area contributed by atoms with Gasteiger partial charge in [-0.3, -0.25) is 14.2 Å². The van der Waals surface area contributed by atoms with Crippen LogP contribution in [-0.2, 0) is 17.9 Å². The van der Waals surface area contributed by atoms with Crippen LogP contribution in [0.1, 0.15) is 23.5 Å². The maximum atomic E-state index is 13.3. The van der Waals surface area contributed by atoms with Crippen LogP contribution in [0.3, 0.4) is 0 Å². The third-order valence-corrected chi connectivity index (χ3v) is 6.03. The van der Waals surface area contributed by atoms with Crippen LogP contribution in [0.25, 0.3) is 11.3 Å². The van der Waals surface area contributed by atoms with Gasteiger partial charge in [-0.2, -0.15) is 0 Å². The zero-order chi connectivity index (χ0) is 19.1. The van der Waals surface area contributed by atoms with Crippen molar-refractivity contribution >= 4 is 17.2 Å². The molecule has 1 atom stereocenters. The highest BCUT2D eigenvalue weighted by molar-refractivity contribution is 7.09. The van der Waals surface area contributed by atoms with Crippen LogP contribution in [0.5, 0.6) is 0 Å². The predicted octanol–water partition coefficient (Wildman–Crippen LogP) is 3.43. The number of aryl methyl sites for hydroxylation is 1. The number of thiazole rings is 1. The summed E-state index contributed by atoms with van der Waals surface area (Å²) in [6.45, 7) is 5.21. The summed E-state index contributed by atoms with van der Waals surface area (Å²) in [4.78, 5) is 28.0. The van der Waals surface area contributed by atoms with Crippen LogP contribution in [0.2, 0.25) is 0 Å². The Morgan fingerprint density at radius 3 is 2.70 bits per heavy atom. The van der Waals surface area contributed by atoms with Gasteiger partial charge in [-0.15, -0.1) is 0 Å². The second-order valence-electron chi connectivity index (χ2n) is 6.76. The van der Waals surface area contributed by atoms with E-state index in [-0.39, 0.29) is 29.2 Å². The average Bonchev–Trinajstić information content (AvgIpc) is 3.22. The number of halogens is 1. The molecule has 1 amide bonds. The fraction of sp³-hybridized carbons (Fsp3) is 0.300. The molecule has 27 heavy (non-hydrogen) atoms. The Balaban J connectivity index is 1.64. The molecule has 2 aromatic heterocycles. The number of fused-ring (bicyclic) bond motifs is 1. The molecule has 7 heteroatoms. The first-order chi connectivity index (χ1) is 13.0. The molecular formula is C20H20FN3O2S. The van der Waals surface area contributed by atoms with Crippen LogP contribution in [0.15, 0.2) is 47.4 Å². The lowest BCUT2D eigenvalue weighted by Gasteiger charge is -2.35. The Kier molecular flexibility index (Phi) is 4.47. The van der Waals surface area contributed by atoms with Gasteiger partial charge in [0.25, 0.3) is 0 Å². The summed E-state index contributed by atoms with van der Waals surface area (Å²) in [5, 5.41) is 0. The zero-order valence-electron chi connectivity index (χ0n) is 15.2. The molecular weight excluding hydrogens is 365 g/mol. The zero-order valence-corrected chi connectivity index (χ0v) is 16.0. The summed E-state index contributed by atoms with van der Waals surface area (Å²) < 4.78 is 16.9. The summed E-state index contributed by atoms with van der Waals surface area (Å²) >= 11 is 1.11. The van der Waals surface area contributed by atoms with Gasteiger partial charge in [-0.05, 0) is 55.8 Å². The molecule has 4 rings (SSSR count). The smallest absolute Gasteiger partial charge is 0.308 e. The van der Waals surface area contributed by atoms with E-state index in [1.165, 1.54) is 16.7 Å². The Labute approximate surface area is 160 Å². The number of nitrogens with zero attached hydrogens (tertiary/aromatic N) is 3. The Morgan fingerprint density at radius 1 is 1.22 bits per heavy atom. The van der Waals surface area contributed by atoms with Crippen LogP contribution >= 0.6 is 11.3 Å². The monoisotopic (exact) mass is 385 g/mol. The van der Waals surface area contributed by atoms with E-state index < -0.39 is 0 Å². The van der Waals surface area contributed by atoms with Gasteiger partial charge in [0.05, 0.1) is 11.7 Å². The van der Waals surface area contributed by atoms with Crippen LogP contribution < -0.4 is 4.87 Å². The highest BCUT2D eigenvalue weighted by atomic mass is 32.1. The number of carbonyl (C=O) groups is 1. The molecule has 1 aromatic carbocycles. The Bertz CT molecular complexity index is 1050. The van der Waals surface area contributed by atoms with E-state index in [9.17, 15) is 14.0 Å². The third kappa shape index (κ3) is 3.12. The summed E-state index contributed by atoms with van der Waals surface area (Å²) in [5.74, 6) is -0.417. The third-order valence-electron chi connectivity index (χ3n) is 5.14. The quantitative estimate of drug-likeness (QED) is 0.694. The molecule has 0 spiro atoms. The van der Waals surface area contributed by atoms with E-state index >= 15 is 0 Å². The van der Waals surface area contributed by atoms with Gasteiger partial charge in [0, 0.05) is 29.9 Å². The largest absolute Gasteiger partial charge is 0.348 e. The first-order valence-corrected chi connectivity index (χ1v) is 9.68. The van der Waals surface area contributed by atoms with Gasteiger partial charge >= 0.3 is 4.87 Å². The predicted molar refractivity (Wildman–Crippen MR) is 103 cm³/mol. The minimum absolute atomic E-state index is 0.0130. The fourth-order valence-electron chi connectivity index (χ4n) is 3.77. The molecule has 1 aliphatic rings. The molecule has 5 nitrogen and oxygen atoms in total. The number of rotatable bonds is 3. The Morgan fingerprint density at radius 2 is 1.96 bits per heavy atom. The van der Waals surface area contributed by atoms with Crippen molar-refractivity contribution in [3.8, 4) is 11.3 Å². The second-order valence-corrected chi connectivity index (χ2v) is 7.92. The molecule has 0 fully saturated rings. The molecule has 3 heterocycles. The van der Waals surface area contributed by atoms with E-state index in [0.717, 1.165) is 34.0 Å². The van der Waals surface area contributed by atoms with Crippen molar-refractivity contribution in [1.82, 2.24) is 14.0 Å². The van der Waals surface area contributed by atoms with Gasteiger partial charge in [0.2, 0.25) is 5.91 Å². The van der Waals surface area contributed by atoms with Crippen molar-refractivity contribution in [2.45, 2.75) is 33.0 Å². The van der Waals surface area contributed by atoms with Gasteiger partial charge in [0.15, 0.2) is 0 Å². The van der Waals surface area contributed by atoms with Crippen LogP contribution in [0, 0.1) is 12.7 Å². The minimum Gasteiger partial charge on any atom is -0.348 e. The lowest BCUT2D eigenvalue weighted by molar-refractivity contribution is -0.135. The first kappa shape index (κ1) is 17.7. The lowest BCUT2D eigenvalue weighted by atomic mass is 10.1. The highest BCUT2D eigenvalue weighted by Gasteiger charge is 2.28. The van der Waals surface area contributed by atoms with Crippen molar-refractivity contribution in [2.24, 2.45) is 0 Å². The summed E-state index contributed by atoms with van der Waals surface area (Å²) in [7, 11) is 0. The maximum Gasteiger partial charge on any atom is 0.308 e. The number of benzene rings is 1. The fourth-order valence-corrected chi connectivity index (χ4v) is 4.62. The van der Waals surface area contributed by atoms with Crippen molar-refractivity contribution < 1.29 is 9.18 Å². The summed E-state index contributed by atoms with van der Waals surface area (Å²) in [6.07, 6.45) is 2.02. The normalized spacial score (nSPS) is 16.4. The first-order valence-electron chi connectivity index (χ1n) is 8.86. The van der Waals surface area contributed by atoms with Crippen molar-refractivity contribution in [1.29, 1.82) is 0 Å². The van der Waals surface area contributed by atoms with E-state index in [1.54, 1.807) is 12.1 Å². The van der Waals surface area contributed by atoms with Gasteiger partial charge < -0.3 is 9.47 Å². The molecule has 0 saturated heterocycles. The molecule has 3 aromatic rings. The lowest BCUT2D eigenvalue weighted by Crippen LogP contribution is -2.43. The van der Waals surface area contributed by atoms with Gasteiger partial charge in [-0.25, -0.2) is 4.39 Å². The standard InChI is InChI=1S/C20H20FN3O2S/c1-13-17-4-3-9-22(17)10-11-23(13)18(25)12-24-19(14(2)27-20(24)26)15-5-7-16(21)8-6-15/h3-9,13H,10-12H2,1-2H3/t13-/m1/s1. The molecule has 1 aliphatic heterocycles. The molecule has 0 bridgehead atoms. The van der Waals surface area contributed by atoms with Crippen molar-refractivity contribution in [2.75, 3.05) is 6.54 Å². The van der Waals surface area contributed by atoms with Crippen LogP contribution in [0.4, 0.5) is 4.39 Å².